The highest BCUT2D eigenvalue weighted by molar-refractivity contribution is 7.89. The summed E-state index contributed by atoms with van der Waals surface area (Å²) in [7, 11) is 0.761. The van der Waals surface area contributed by atoms with Crippen LogP contribution < -0.4 is 4.74 Å². The minimum atomic E-state index is -3.63. The van der Waals surface area contributed by atoms with E-state index in [9.17, 15) is 12.8 Å². The summed E-state index contributed by atoms with van der Waals surface area (Å²) in [5.74, 6) is -0.374. The van der Waals surface area contributed by atoms with E-state index in [-0.39, 0.29) is 10.6 Å². The Labute approximate surface area is 207 Å². The average molecular weight is 504 g/mol. The fraction of sp³-hybridized carbons (Fsp3) is 0.115. The Bertz CT molecular complexity index is 1690. The van der Waals surface area contributed by atoms with E-state index >= 15 is 0 Å². The molecule has 0 saturated carbocycles. The van der Waals surface area contributed by atoms with Gasteiger partial charge < -0.3 is 4.74 Å². The Morgan fingerprint density at radius 2 is 1.69 bits per heavy atom. The summed E-state index contributed by atoms with van der Waals surface area (Å²) in [4.78, 5) is 8.86. The molecular formula is C26H22FN5O3S. The van der Waals surface area contributed by atoms with Crippen molar-refractivity contribution in [1.82, 2.24) is 23.9 Å². The van der Waals surface area contributed by atoms with Crippen LogP contribution in [0, 0.1) is 5.82 Å². The predicted octanol–water partition coefficient (Wildman–Crippen LogP) is 4.52. The summed E-state index contributed by atoms with van der Waals surface area (Å²) in [6, 6.07) is 16.7. The summed E-state index contributed by atoms with van der Waals surface area (Å²) >= 11 is 0. The van der Waals surface area contributed by atoms with E-state index in [2.05, 4.69) is 9.97 Å². The topological polar surface area (TPSA) is 89.7 Å². The van der Waals surface area contributed by atoms with Crippen LogP contribution in [0.3, 0.4) is 0 Å². The zero-order chi connectivity index (χ0) is 25.4. The lowest BCUT2D eigenvalue weighted by Crippen LogP contribution is -2.22. The first-order valence-electron chi connectivity index (χ1n) is 11.0. The molecule has 0 fully saturated rings. The first-order chi connectivity index (χ1) is 17.3. The molecule has 0 amide bonds. The van der Waals surface area contributed by atoms with Crippen LogP contribution in [0.2, 0.25) is 0 Å². The van der Waals surface area contributed by atoms with Crippen LogP contribution in [0.4, 0.5) is 4.39 Å². The summed E-state index contributed by atoms with van der Waals surface area (Å²) in [5, 5.41) is 4.87. The van der Waals surface area contributed by atoms with Crippen molar-refractivity contribution in [3.05, 3.63) is 85.1 Å². The second-order valence-electron chi connectivity index (χ2n) is 8.19. The van der Waals surface area contributed by atoms with Crippen molar-refractivity contribution < 1.29 is 17.5 Å². The Balaban J connectivity index is 1.79. The maximum atomic E-state index is 14.2. The van der Waals surface area contributed by atoms with Crippen molar-refractivity contribution in [2.24, 2.45) is 0 Å². The van der Waals surface area contributed by atoms with E-state index in [4.69, 9.17) is 9.84 Å². The van der Waals surface area contributed by atoms with Crippen molar-refractivity contribution in [2.75, 3.05) is 21.2 Å². The first-order valence-corrected chi connectivity index (χ1v) is 12.4. The van der Waals surface area contributed by atoms with E-state index in [0.717, 1.165) is 5.56 Å². The van der Waals surface area contributed by atoms with Gasteiger partial charge in [0.05, 0.1) is 23.3 Å². The SMILES string of the molecule is COc1cc(-c2c(-c3ccncc3)nn3c(-c4cccc(S(=O)(=O)N(C)C)c4)ccnc23)ccc1F. The van der Waals surface area contributed by atoms with E-state index in [1.165, 1.54) is 31.6 Å². The van der Waals surface area contributed by atoms with Crippen LogP contribution in [0.1, 0.15) is 0 Å². The van der Waals surface area contributed by atoms with Crippen LogP contribution in [-0.4, -0.2) is 53.5 Å². The molecule has 0 aliphatic carbocycles. The second-order valence-corrected chi connectivity index (χ2v) is 10.3. The monoisotopic (exact) mass is 503 g/mol. The van der Waals surface area contributed by atoms with Crippen molar-refractivity contribution in [3.63, 3.8) is 0 Å². The molecule has 36 heavy (non-hydrogen) atoms. The molecule has 182 valence electrons. The van der Waals surface area contributed by atoms with Crippen molar-refractivity contribution in [1.29, 1.82) is 0 Å². The molecule has 5 aromatic rings. The molecule has 0 N–H and O–H groups in total. The molecule has 10 heteroatoms. The summed E-state index contributed by atoms with van der Waals surface area (Å²) < 4.78 is 47.7. The molecule has 5 rings (SSSR count). The van der Waals surface area contributed by atoms with Gasteiger partial charge in [-0.2, -0.15) is 5.10 Å². The smallest absolute Gasteiger partial charge is 0.242 e. The van der Waals surface area contributed by atoms with Crippen LogP contribution in [0.15, 0.2) is 84.1 Å². The Morgan fingerprint density at radius 3 is 2.42 bits per heavy atom. The normalized spacial score (nSPS) is 11.8. The number of hydrogen-bond acceptors (Lipinski definition) is 6. The molecule has 3 heterocycles. The van der Waals surface area contributed by atoms with Gasteiger partial charge >= 0.3 is 0 Å². The van der Waals surface area contributed by atoms with E-state index in [0.29, 0.717) is 33.7 Å². The summed E-state index contributed by atoms with van der Waals surface area (Å²) in [6.07, 6.45) is 4.97. The predicted molar refractivity (Wildman–Crippen MR) is 134 cm³/mol. The lowest BCUT2D eigenvalue weighted by atomic mass is 10.0. The second kappa shape index (κ2) is 9.14. The van der Waals surface area contributed by atoms with Crippen LogP contribution in [0.25, 0.3) is 39.3 Å². The number of halogens is 1. The number of sulfonamides is 1. The molecule has 8 nitrogen and oxygen atoms in total. The van der Waals surface area contributed by atoms with Gasteiger partial charge in [0.15, 0.2) is 17.2 Å². The number of pyridine rings is 1. The number of fused-ring (bicyclic) bond motifs is 1. The zero-order valence-electron chi connectivity index (χ0n) is 19.8. The number of nitrogens with zero attached hydrogens (tertiary/aromatic N) is 5. The fourth-order valence-corrected chi connectivity index (χ4v) is 4.93. The largest absolute Gasteiger partial charge is 0.494 e. The van der Waals surface area contributed by atoms with Gasteiger partial charge in [0.2, 0.25) is 10.0 Å². The molecule has 2 aromatic carbocycles. The third-order valence-electron chi connectivity index (χ3n) is 5.82. The number of aromatic nitrogens is 4. The molecule has 3 aromatic heterocycles. The number of benzene rings is 2. The van der Waals surface area contributed by atoms with E-state index in [1.54, 1.807) is 59.5 Å². The Hall–Kier alpha value is -4.15. The standard InChI is InChI=1S/C26H22FN5O3S/c1-31(2)36(33,34)20-6-4-5-18(15-20)22-11-14-29-26-24(19-7-8-21(27)23(16-19)35-3)25(30-32(22)26)17-9-12-28-13-10-17/h4-16H,1-3H3. The van der Waals surface area contributed by atoms with Crippen LogP contribution >= 0.6 is 0 Å². The van der Waals surface area contributed by atoms with Crippen LogP contribution in [-0.2, 0) is 10.0 Å². The fourth-order valence-electron chi connectivity index (χ4n) is 3.98. The van der Waals surface area contributed by atoms with Gasteiger partial charge in [0.25, 0.3) is 0 Å². The number of methoxy groups -OCH3 is 1. The first kappa shape index (κ1) is 23.6. The van der Waals surface area contributed by atoms with Gasteiger partial charge in [0.1, 0.15) is 5.69 Å². The molecule has 0 spiro atoms. The maximum Gasteiger partial charge on any atom is 0.242 e. The highest BCUT2D eigenvalue weighted by Gasteiger charge is 2.22. The minimum absolute atomic E-state index is 0.102. The summed E-state index contributed by atoms with van der Waals surface area (Å²) in [6.45, 7) is 0. The quantitative estimate of drug-likeness (QED) is 0.338. The number of hydrogen-bond donors (Lipinski definition) is 0. The van der Waals surface area contributed by atoms with Gasteiger partial charge in [-0.05, 0) is 48.0 Å². The molecule has 0 saturated heterocycles. The van der Waals surface area contributed by atoms with Crippen molar-refractivity contribution in [2.45, 2.75) is 4.90 Å². The minimum Gasteiger partial charge on any atom is -0.494 e. The molecule has 0 bridgehead atoms. The van der Waals surface area contributed by atoms with Crippen LogP contribution in [0.5, 0.6) is 5.75 Å². The van der Waals surface area contributed by atoms with Gasteiger partial charge in [-0.25, -0.2) is 26.6 Å². The average Bonchev–Trinajstić information content (AvgIpc) is 3.29. The van der Waals surface area contributed by atoms with E-state index < -0.39 is 15.8 Å². The Kier molecular flexibility index (Phi) is 5.99. The van der Waals surface area contributed by atoms with E-state index in [1.807, 2.05) is 18.2 Å². The van der Waals surface area contributed by atoms with Gasteiger partial charge in [-0.1, -0.05) is 18.2 Å². The molecule has 0 aliphatic rings. The number of ether oxygens (including phenoxy) is 1. The molecular weight excluding hydrogens is 481 g/mol. The number of rotatable bonds is 6. The third kappa shape index (κ3) is 4.00. The van der Waals surface area contributed by atoms with Crippen molar-refractivity contribution in [3.8, 4) is 39.4 Å². The molecule has 0 unspecified atom stereocenters. The highest BCUT2D eigenvalue weighted by atomic mass is 32.2. The molecule has 0 radical (unpaired) electrons. The molecule has 0 aliphatic heterocycles. The zero-order valence-corrected chi connectivity index (χ0v) is 20.6. The lowest BCUT2D eigenvalue weighted by molar-refractivity contribution is 0.387. The third-order valence-corrected chi connectivity index (χ3v) is 7.63. The van der Waals surface area contributed by atoms with Gasteiger partial charge in [-0.3, -0.25) is 4.98 Å². The van der Waals surface area contributed by atoms with Crippen molar-refractivity contribution >= 4 is 15.7 Å². The van der Waals surface area contributed by atoms with Gasteiger partial charge in [0, 0.05) is 43.8 Å². The van der Waals surface area contributed by atoms with Gasteiger partial charge in [-0.15, -0.1) is 0 Å². The summed E-state index contributed by atoms with van der Waals surface area (Å²) in [5.41, 5.74) is 4.58. The maximum absolute atomic E-state index is 14.2. The highest BCUT2D eigenvalue weighted by Crippen LogP contribution is 2.38. The molecule has 0 atom stereocenters. The Morgan fingerprint density at radius 1 is 0.917 bits per heavy atom. The lowest BCUT2D eigenvalue weighted by Gasteiger charge is -2.12.